The number of carbonyl (C=O) groups excluding carboxylic acids is 1. The minimum absolute atomic E-state index is 0.0706. The summed E-state index contributed by atoms with van der Waals surface area (Å²) in [7, 11) is 0. The van der Waals surface area contributed by atoms with Gasteiger partial charge in [0.25, 0.3) is 0 Å². The summed E-state index contributed by atoms with van der Waals surface area (Å²) < 4.78 is 1.96. The smallest absolute Gasteiger partial charge is 0.321 e. The van der Waals surface area contributed by atoms with Crippen molar-refractivity contribution in [3.8, 4) is 5.82 Å². The molecule has 1 aliphatic rings. The average Bonchev–Trinajstić information content (AvgIpc) is 3.07. The number of hydrogen-bond acceptors (Lipinski definition) is 5. The van der Waals surface area contributed by atoms with Crippen molar-refractivity contribution in [1.82, 2.24) is 24.4 Å². The van der Waals surface area contributed by atoms with E-state index in [1.54, 1.807) is 12.7 Å². The summed E-state index contributed by atoms with van der Waals surface area (Å²) >= 11 is 0. The molecule has 28 heavy (non-hydrogen) atoms. The molecule has 8 heteroatoms. The maximum Gasteiger partial charge on any atom is 0.321 e. The first-order valence-electron chi connectivity index (χ1n) is 9.31. The Hall–Kier alpha value is -3.42. The van der Waals surface area contributed by atoms with E-state index in [1.165, 1.54) is 0 Å². The first kappa shape index (κ1) is 18.0. The third-order valence-corrected chi connectivity index (χ3v) is 5.05. The number of hydrogen-bond donors (Lipinski definition) is 1. The highest BCUT2D eigenvalue weighted by atomic mass is 16.2. The second kappa shape index (κ2) is 7.67. The zero-order chi connectivity index (χ0) is 19.5. The molecule has 0 saturated carbocycles. The second-order valence-corrected chi connectivity index (χ2v) is 6.79. The van der Waals surface area contributed by atoms with Crippen LogP contribution in [0.1, 0.15) is 11.4 Å². The molecule has 1 N–H and O–H groups in total. The number of anilines is 2. The van der Waals surface area contributed by atoms with Crippen molar-refractivity contribution in [3.63, 3.8) is 0 Å². The van der Waals surface area contributed by atoms with Gasteiger partial charge >= 0.3 is 6.03 Å². The van der Waals surface area contributed by atoms with Gasteiger partial charge < -0.3 is 15.1 Å². The van der Waals surface area contributed by atoms with Crippen molar-refractivity contribution in [1.29, 1.82) is 0 Å². The van der Waals surface area contributed by atoms with Crippen LogP contribution in [-0.2, 0) is 0 Å². The van der Waals surface area contributed by atoms with Gasteiger partial charge in [-0.25, -0.2) is 19.7 Å². The molecule has 0 radical (unpaired) electrons. The number of nitrogens with zero attached hydrogens (tertiary/aromatic N) is 6. The predicted octanol–water partition coefficient (Wildman–Crippen LogP) is 2.63. The highest BCUT2D eigenvalue weighted by molar-refractivity contribution is 5.89. The molecule has 0 spiro atoms. The third kappa shape index (κ3) is 3.66. The van der Waals surface area contributed by atoms with Crippen LogP contribution in [-0.4, -0.2) is 56.6 Å². The lowest BCUT2D eigenvalue weighted by atomic mass is 10.3. The fourth-order valence-corrected chi connectivity index (χ4v) is 3.23. The number of para-hydroxylation sites is 1. The maximum atomic E-state index is 12.4. The van der Waals surface area contributed by atoms with Crippen molar-refractivity contribution in [2.75, 3.05) is 36.4 Å². The summed E-state index contributed by atoms with van der Waals surface area (Å²) in [6, 6.07) is 11.4. The van der Waals surface area contributed by atoms with Crippen LogP contribution >= 0.6 is 0 Å². The number of aromatic nitrogens is 4. The van der Waals surface area contributed by atoms with E-state index < -0.39 is 0 Å². The Morgan fingerprint density at radius 1 is 0.964 bits per heavy atom. The molecule has 1 aliphatic heterocycles. The number of aryl methyl sites for hydroxylation is 1. The van der Waals surface area contributed by atoms with Crippen molar-refractivity contribution < 1.29 is 4.79 Å². The summed E-state index contributed by atoms with van der Waals surface area (Å²) in [5, 5.41) is 2.94. The van der Waals surface area contributed by atoms with Gasteiger partial charge in [0.2, 0.25) is 0 Å². The number of benzene rings is 1. The van der Waals surface area contributed by atoms with Crippen LogP contribution in [0, 0.1) is 13.8 Å². The number of amides is 2. The molecular formula is C20H23N7O. The van der Waals surface area contributed by atoms with Gasteiger partial charge in [0.1, 0.15) is 24.3 Å². The number of carbonyl (C=O) groups is 1. The number of rotatable bonds is 3. The van der Waals surface area contributed by atoms with Crippen LogP contribution in [0.15, 0.2) is 49.1 Å². The average molecular weight is 377 g/mol. The van der Waals surface area contributed by atoms with Crippen LogP contribution in [0.2, 0.25) is 0 Å². The number of imidazole rings is 1. The fraction of sp³-hybridized carbons (Fsp3) is 0.300. The molecular weight excluding hydrogens is 354 g/mol. The highest BCUT2D eigenvalue weighted by Gasteiger charge is 2.22. The van der Waals surface area contributed by atoms with Gasteiger partial charge in [0.15, 0.2) is 0 Å². The monoisotopic (exact) mass is 377 g/mol. The molecule has 3 heterocycles. The summed E-state index contributed by atoms with van der Waals surface area (Å²) in [6.07, 6.45) is 3.36. The Morgan fingerprint density at radius 2 is 1.68 bits per heavy atom. The zero-order valence-electron chi connectivity index (χ0n) is 16.0. The Kier molecular flexibility index (Phi) is 4.92. The summed E-state index contributed by atoms with van der Waals surface area (Å²) in [5.41, 5.74) is 2.85. The molecule has 4 rings (SSSR count). The first-order valence-corrected chi connectivity index (χ1v) is 9.31. The molecule has 0 bridgehead atoms. The molecule has 8 nitrogen and oxygen atoms in total. The molecule has 0 atom stereocenters. The largest absolute Gasteiger partial charge is 0.353 e. The Bertz CT molecular complexity index is 962. The van der Waals surface area contributed by atoms with Crippen LogP contribution in [0.4, 0.5) is 16.3 Å². The minimum Gasteiger partial charge on any atom is -0.353 e. The summed E-state index contributed by atoms with van der Waals surface area (Å²) in [6.45, 7) is 6.73. The van der Waals surface area contributed by atoms with E-state index in [4.69, 9.17) is 0 Å². The standard InChI is InChI=1S/C20H23N7O/c1-15-16(2)27(14-23-15)19-12-18(21-13-22-19)25-8-10-26(11-9-25)20(28)24-17-6-4-3-5-7-17/h3-7,12-14H,8-11H2,1-2H3,(H,24,28). The van der Waals surface area contributed by atoms with Crippen LogP contribution in [0.3, 0.4) is 0 Å². The molecule has 1 fully saturated rings. The molecule has 1 aromatic carbocycles. The van der Waals surface area contributed by atoms with E-state index in [0.29, 0.717) is 13.1 Å². The van der Waals surface area contributed by atoms with Crippen molar-refractivity contribution in [2.45, 2.75) is 13.8 Å². The molecule has 1 saturated heterocycles. The molecule has 2 amide bonds. The van der Waals surface area contributed by atoms with E-state index in [9.17, 15) is 4.79 Å². The normalized spacial score (nSPS) is 14.2. The SMILES string of the molecule is Cc1ncn(-c2cc(N3CCN(C(=O)Nc4ccccc4)CC3)ncn2)c1C. The van der Waals surface area contributed by atoms with E-state index >= 15 is 0 Å². The quantitative estimate of drug-likeness (QED) is 0.759. The lowest BCUT2D eigenvalue weighted by Crippen LogP contribution is -2.50. The Balaban J connectivity index is 1.41. The van der Waals surface area contributed by atoms with Gasteiger partial charge in [-0.3, -0.25) is 4.57 Å². The number of nitrogens with one attached hydrogen (secondary N) is 1. The predicted molar refractivity (Wildman–Crippen MR) is 108 cm³/mol. The lowest BCUT2D eigenvalue weighted by molar-refractivity contribution is 0.208. The zero-order valence-corrected chi connectivity index (χ0v) is 16.0. The van der Waals surface area contributed by atoms with Crippen molar-refractivity contribution in [3.05, 3.63) is 60.4 Å². The summed E-state index contributed by atoms with van der Waals surface area (Å²) in [4.78, 5) is 29.6. The fourth-order valence-electron chi connectivity index (χ4n) is 3.23. The Labute approximate surface area is 163 Å². The van der Waals surface area contributed by atoms with Gasteiger partial charge in [-0.2, -0.15) is 0 Å². The van der Waals surface area contributed by atoms with Gasteiger partial charge in [-0.1, -0.05) is 18.2 Å². The topological polar surface area (TPSA) is 79.2 Å². The second-order valence-electron chi connectivity index (χ2n) is 6.79. The van der Waals surface area contributed by atoms with E-state index in [0.717, 1.165) is 41.8 Å². The van der Waals surface area contributed by atoms with Crippen LogP contribution in [0.25, 0.3) is 5.82 Å². The van der Waals surface area contributed by atoms with Gasteiger partial charge in [0, 0.05) is 43.6 Å². The van der Waals surface area contributed by atoms with Gasteiger partial charge in [-0.15, -0.1) is 0 Å². The summed E-state index contributed by atoms with van der Waals surface area (Å²) in [5.74, 6) is 1.66. The number of urea groups is 1. The highest BCUT2D eigenvalue weighted by Crippen LogP contribution is 2.18. The maximum absolute atomic E-state index is 12.4. The van der Waals surface area contributed by atoms with Gasteiger partial charge in [-0.05, 0) is 26.0 Å². The first-order chi connectivity index (χ1) is 13.6. The molecule has 0 aliphatic carbocycles. The lowest BCUT2D eigenvalue weighted by Gasteiger charge is -2.35. The van der Waals surface area contributed by atoms with Crippen LogP contribution in [0.5, 0.6) is 0 Å². The third-order valence-electron chi connectivity index (χ3n) is 5.05. The Morgan fingerprint density at radius 3 is 2.36 bits per heavy atom. The number of piperazine rings is 1. The minimum atomic E-state index is -0.0706. The van der Waals surface area contributed by atoms with Crippen molar-refractivity contribution in [2.24, 2.45) is 0 Å². The van der Waals surface area contributed by atoms with Crippen LogP contribution < -0.4 is 10.2 Å². The molecule has 2 aromatic heterocycles. The van der Waals surface area contributed by atoms with Crippen molar-refractivity contribution >= 4 is 17.5 Å². The van der Waals surface area contributed by atoms with E-state index in [-0.39, 0.29) is 6.03 Å². The molecule has 0 unspecified atom stereocenters. The van der Waals surface area contributed by atoms with Gasteiger partial charge in [0.05, 0.1) is 5.69 Å². The molecule has 3 aromatic rings. The van der Waals surface area contributed by atoms with E-state index in [2.05, 4.69) is 25.2 Å². The van der Waals surface area contributed by atoms with E-state index in [1.807, 2.05) is 59.7 Å². The molecule has 144 valence electrons.